The summed E-state index contributed by atoms with van der Waals surface area (Å²) < 4.78 is 0. The van der Waals surface area contributed by atoms with Crippen molar-refractivity contribution < 1.29 is 29.7 Å². The van der Waals surface area contributed by atoms with Gasteiger partial charge in [-0.15, -0.1) is 0 Å². The van der Waals surface area contributed by atoms with Crippen LogP contribution in [0.2, 0.25) is 0 Å². The Hall–Kier alpha value is -2.11. The van der Waals surface area contributed by atoms with Gasteiger partial charge in [0.15, 0.2) is 0 Å². The molecule has 0 unspecified atom stereocenters. The van der Waals surface area contributed by atoms with E-state index in [1.165, 1.54) is 0 Å². The van der Waals surface area contributed by atoms with E-state index in [0.717, 1.165) is 12.8 Å². The zero-order chi connectivity index (χ0) is 14.7. The highest BCUT2D eigenvalue weighted by Gasteiger charge is 2.07. The molecule has 6 nitrogen and oxygen atoms in total. The fourth-order valence-corrected chi connectivity index (χ4v) is 0.750. The standard InChI is InChI=1S/C7H12O2.C5H6O4/c1-3-4-5-6(2)7(8)9;1-3(5(8)9)2-4(6)7/h2-5H2,1H3,(H,8,9);1-2H2,(H,6,7)(H,8,9)/p-1. The molecule has 0 aliphatic heterocycles. The van der Waals surface area contributed by atoms with Crippen LogP contribution < -0.4 is 5.11 Å². The highest BCUT2D eigenvalue weighted by Crippen LogP contribution is 2.02. The van der Waals surface area contributed by atoms with Gasteiger partial charge in [0.25, 0.3) is 0 Å². The summed E-state index contributed by atoms with van der Waals surface area (Å²) in [5, 5.41) is 26.1. The Bertz CT molecular complexity index is 342. The third-order valence-corrected chi connectivity index (χ3v) is 1.79. The monoisotopic (exact) mass is 257 g/mol. The average molecular weight is 257 g/mol. The Morgan fingerprint density at radius 1 is 1.11 bits per heavy atom. The molecule has 0 heterocycles. The molecule has 0 saturated heterocycles. The smallest absolute Gasteiger partial charge is 0.331 e. The number of carbonyl (C=O) groups excluding carboxylic acids is 1. The summed E-state index contributed by atoms with van der Waals surface area (Å²) >= 11 is 0. The largest absolute Gasteiger partial charge is 0.545 e. The molecule has 0 aliphatic carbocycles. The molecule has 0 fully saturated rings. The Kier molecular flexibility index (Phi) is 10.2. The van der Waals surface area contributed by atoms with E-state index in [-0.39, 0.29) is 11.1 Å². The third-order valence-electron chi connectivity index (χ3n) is 1.79. The first-order chi connectivity index (χ1) is 8.22. The molecule has 0 aromatic carbocycles. The topological polar surface area (TPSA) is 115 Å². The molecule has 6 heteroatoms. The molecule has 0 saturated carbocycles. The summed E-state index contributed by atoms with van der Waals surface area (Å²) in [6, 6.07) is 0. The molecule has 102 valence electrons. The number of hydrogen-bond acceptors (Lipinski definition) is 4. The molecule has 0 amide bonds. The molecule has 0 aromatic heterocycles. The van der Waals surface area contributed by atoms with Crippen LogP contribution >= 0.6 is 0 Å². The van der Waals surface area contributed by atoms with Gasteiger partial charge in [-0.2, -0.15) is 0 Å². The SMILES string of the molecule is C=C(CC(=O)O)C(=O)O.C=C(CCCC)C(=O)[O-]. The lowest BCUT2D eigenvalue weighted by molar-refractivity contribution is -0.299. The van der Waals surface area contributed by atoms with Gasteiger partial charge in [-0.3, -0.25) is 4.79 Å². The van der Waals surface area contributed by atoms with E-state index < -0.39 is 24.3 Å². The summed E-state index contributed by atoms with van der Waals surface area (Å²) in [7, 11) is 0. The Labute approximate surface area is 105 Å². The second-order valence-corrected chi connectivity index (χ2v) is 3.47. The zero-order valence-corrected chi connectivity index (χ0v) is 10.3. The Morgan fingerprint density at radius 2 is 1.61 bits per heavy atom. The molecule has 0 atom stereocenters. The van der Waals surface area contributed by atoms with Gasteiger partial charge < -0.3 is 20.1 Å². The van der Waals surface area contributed by atoms with Crippen molar-refractivity contribution in [1.29, 1.82) is 0 Å². The number of hydrogen-bond donors (Lipinski definition) is 2. The minimum atomic E-state index is -1.27. The van der Waals surface area contributed by atoms with Crippen molar-refractivity contribution in [3.63, 3.8) is 0 Å². The number of rotatable bonds is 7. The van der Waals surface area contributed by atoms with Crippen LogP contribution in [-0.4, -0.2) is 28.1 Å². The van der Waals surface area contributed by atoms with Crippen molar-refractivity contribution in [3.05, 3.63) is 24.3 Å². The van der Waals surface area contributed by atoms with E-state index in [0.29, 0.717) is 6.42 Å². The van der Waals surface area contributed by atoms with Crippen LogP contribution in [0.1, 0.15) is 32.6 Å². The average Bonchev–Trinajstić information content (AvgIpc) is 2.25. The van der Waals surface area contributed by atoms with E-state index in [1.807, 2.05) is 6.92 Å². The lowest BCUT2D eigenvalue weighted by atomic mass is 10.1. The van der Waals surface area contributed by atoms with Crippen LogP contribution in [0.15, 0.2) is 24.3 Å². The van der Waals surface area contributed by atoms with Gasteiger partial charge in [-0.1, -0.05) is 26.5 Å². The summed E-state index contributed by atoms with van der Waals surface area (Å²) in [5.41, 5.74) is -0.0978. The van der Waals surface area contributed by atoms with Crippen molar-refractivity contribution >= 4 is 17.9 Å². The van der Waals surface area contributed by atoms with Gasteiger partial charge in [0.1, 0.15) is 0 Å². The maximum absolute atomic E-state index is 9.99. The van der Waals surface area contributed by atoms with E-state index in [9.17, 15) is 19.5 Å². The molecule has 0 aromatic rings. The molecular formula is C12H17O6-. The van der Waals surface area contributed by atoms with Crippen LogP contribution in [-0.2, 0) is 14.4 Å². The van der Waals surface area contributed by atoms with Gasteiger partial charge in [-0.25, -0.2) is 4.79 Å². The number of unbranched alkanes of at least 4 members (excludes halogenated alkanes) is 1. The normalized spacial score (nSPS) is 8.72. The maximum atomic E-state index is 9.99. The summed E-state index contributed by atoms with van der Waals surface area (Å²) in [5.74, 6) is -3.57. The van der Waals surface area contributed by atoms with Crippen molar-refractivity contribution in [3.8, 4) is 0 Å². The first kappa shape index (κ1) is 18.3. The van der Waals surface area contributed by atoms with Gasteiger partial charge in [-0.05, 0) is 18.4 Å². The zero-order valence-electron chi connectivity index (χ0n) is 10.3. The van der Waals surface area contributed by atoms with E-state index in [1.54, 1.807) is 0 Å². The van der Waals surface area contributed by atoms with Crippen LogP contribution in [0, 0.1) is 0 Å². The predicted octanol–water partition coefficient (Wildman–Crippen LogP) is 0.585. The number of carboxylic acid groups (broad SMARTS) is 3. The molecule has 0 rings (SSSR count). The molecule has 2 N–H and O–H groups in total. The van der Waals surface area contributed by atoms with Crippen molar-refractivity contribution in [2.45, 2.75) is 32.6 Å². The van der Waals surface area contributed by atoms with E-state index >= 15 is 0 Å². The van der Waals surface area contributed by atoms with Crippen LogP contribution in [0.25, 0.3) is 0 Å². The van der Waals surface area contributed by atoms with E-state index in [4.69, 9.17) is 10.2 Å². The lowest BCUT2D eigenvalue weighted by Crippen LogP contribution is -2.23. The summed E-state index contributed by atoms with van der Waals surface area (Å²) in [6.45, 7) is 8.35. The van der Waals surface area contributed by atoms with Crippen LogP contribution in [0.3, 0.4) is 0 Å². The van der Waals surface area contributed by atoms with Gasteiger partial charge in [0, 0.05) is 5.57 Å². The highest BCUT2D eigenvalue weighted by atomic mass is 16.4. The number of carbonyl (C=O) groups is 3. The first-order valence-electron chi connectivity index (χ1n) is 5.24. The molecule has 0 bridgehead atoms. The fourth-order valence-electron chi connectivity index (χ4n) is 0.750. The summed E-state index contributed by atoms with van der Waals surface area (Å²) in [6.07, 6.45) is 1.92. The molecular weight excluding hydrogens is 240 g/mol. The second kappa shape index (κ2) is 10.1. The third kappa shape index (κ3) is 12.0. The van der Waals surface area contributed by atoms with E-state index in [2.05, 4.69) is 13.2 Å². The fraction of sp³-hybridized carbons (Fsp3) is 0.417. The Morgan fingerprint density at radius 3 is 1.83 bits per heavy atom. The van der Waals surface area contributed by atoms with Crippen molar-refractivity contribution in [2.75, 3.05) is 0 Å². The first-order valence-corrected chi connectivity index (χ1v) is 5.24. The molecule has 0 aliphatic rings. The van der Waals surface area contributed by atoms with Gasteiger partial charge >= 0.3 is 11.9 Å². The minimum Gasteiger partial charge on any atom is -0.545 e. The predicted molar refractivity (Wildman–Crippen MR) is 62.7 cm³/mol. The molecule has 0 spiro atoms. The van der Waals surface area contributed by atoms with Gasteiger partial charge in [0.2, 0.25) is 0 Å². The van der Waals surface area contributed by atoms with Crippen molar-refractivity contribution in [2.24, 2.45) is 0 Å². The maximum Gasteiger partial charge on any atom is 0.331 e. The highest BCUT2D eigenvalue weighted by molar-refractivity contribution is 5.91. The second-order valence-electron chi connectivity index (χ2n) is 3.47. The molecule has 18 heavy (non-hydrogen) atoms. The number of carboxylic acids is 3. The van der Waals surface area contributed by atoms with Crippen LogP contribution in [0.5, 0.6) is 0 Å². The quantitative estimate of drug-likeness (QED) is 0.645. The van der Waals surface area contributed by atoms with Crippen LogP contribution in [0.4, 0.5) is 0 Å². The van der Waals surface area contributed by atoms with Gasteiger partial charge in [0.05, 0.1) is 12.4 Å². The number of aliphatic carboxylic acids is 3. The molecule has 0 radical (unpaired) electrons. The van der Waals surface area contributed by atoms with Crippen molar-refractivity contribution in [1.82, 2.24) is 0 Å². The Balaban J connectivity index is 0. The minimum absolute atomic E-state index is 0.205. The lowest BCUT2D eigenvalue weighted by Gasteiger charge is -2.03. The summed E-state index contributed by atoms with van der Waals surface area (Å²) in [4.78, 5) is 29.7.